The quantitative estimate of drug-likeness (QED) is 0.797. The van der Waals surface area contributed by atoms with Gasteiger partial charge in [0.25, 0.3) is 0 Å². The van der Waals surface area contributed by atoms with Crippen molar-refractivity contribution in [2.75, 3.05) is 11.9 Å². The van der Waals surface area contributed by atoms with Gasteiger partial charge in [-0.1, -0.05) is 40.2 Å². The molecule has 1 unspecified atom stereocenters. The monoisotopic (exact) mass is 396 g/mol. The second kappa shape index (κ2) is 6.74. The summed E-state index contributed by atoms with van der Waals surface area (Å²) < 4.78 is 2.21. The predicted molar refractivity (Wildman–Crippen MR) is 93.0 cm³/mol. The molecule has 0 aliphatic rings. The summed E-state index contributed by atoms with van der Waals surface area (Å²) in [7, 11) is 2.09. The van der Waals surface area contributed by atoms with E-state index in [1.54, 1.807) is 0 Å². The topological polar surface area (TPSA) is 29.3 Å². The molecule has 106 valence electrons. The molecule has 2 aromatic carbocycles. The van der Waals surface area contributed by atoms with Crippen molar-refractivity contribution in [1.29, 1.82) is 0 Å². The van der Waals surface area contributed by atoms with Crippen LogP contribution in [0.3, 0.4) is 0 Å². The Balaban J connectivity index is 2.21. The van der Waals surface area contributed by atoms with Crippen LogP contribution in [0.25, 0.3) is 0 Å². The smallest absolute Gasteiger partial charge is 0.0511 e. The Hall–Kier alpha value is -0.840. The summed E-state index contributed by atoms with van der Waals surface area (Å²) in [6.07, 6.45) is 0. The number of halogens is 2. The minimum atomic E-state index is 0.0499. The van der Waals surface area contributed by atoms with Crippen LogP contribution in [-0.2, 0) is 6.54 Å². The summed E-state index contributed by atoms with van der Waals surface area (Å²) in [4.78, 5) is 2.22. The summed E-state index contributed by atoms with van der Waals surface area (Å²) in [5.74, 6) is 0. The van der Waals surface area contributed by atoms with Crippen molar-refractivity contribution < 1.29 is 0 Å². The third kappa shape index (κ3) is 3.62. The van der Waals surface area contributed by atoms with Gasteiger partial charge < -0.3 is 10.6 Å². The van der Waals surface area contributed by atoms with Crippen LogP contribution in [0.4, 0.5) is 5.69 Å². The van der Waals surface area contributed by atoms with Crippen molar-refractivity contribution in [3.05, 3.63) is 62.5 Å². The molecule has 0 radical (unpaired) electrons. The van der Waals surface area contributed by atoms with Crippen molar-refractivity contribution in [2.24, 2.45) is 5.73 Å². The molecule has 2 nitrogen and oxygen atoms in total. The van der Waals surface area contributed by atoms with Gasteiger partial charge in [0.2, 0.25) is 0 Å². The van der Waals surface area contributed by atoms with Crippen molar-refractivity contribution in [3.8, 4) is 0 Å². The molecule has 0 spiro atoms. The van der Waals surface area contributed by atoms with E-state index in [-0.39, 0.29) is 6.04 Å². The summed E-state index contributed by atoms with van der Waals surface area (Å²) in [5.41, 5.74) is 9.47. The Morgan fingerprint density at radius 3 is 2.40 bits per heavy atom. The Bertz CT molecular complexity index is 597. The van der Waals surface area contributed by atoms with Crippen LogP contribution in [0, 0.1) is 0 Å². The highest BCUT2D eigenvalue weighted by molar-refractivity contribution is 9.11. The van der Waals surface area contributed by atoms with Gasteiger partial charge in [-0.2, -0.15) is 0 Å². The predicted octanol–water partition coefficient (Wildman–Crippen LogP) is 4.87. The normalized spacial score (nSPS) is 12.2. The highest BCUT2D eigenvalue weighted by Crippen LogP contribution is 2.30. The number of nitrogens with zero attached hydrogens (tertiary/aromatic N) is 1. The maximum absolute atomic E-state index is 5.91. The highest BCUT2D eigenvalue weighted by atomic mass is 79.9. The minimum Gasteiger partial charge on any atom is -0.369 e. The SMILES string of the molecule is CC(N)c1ccc(N(C)Cc2ccccc2Br)c(Br)c1. The Labute approximate surface area is 137 Å². The molecule has 0 saturated heterocycles. The summed E-state index contributed by atoms with van der Waals surface area (Å²) >= 11 is 7.23. The molecule has 4 heteroatoms. The molecule has 2 rings (SSSR count). The van der Waals surface area contributed by atoms with Gasteiger partial charge in [0.15, 0.2) is 0 Å². The number of anilines is 1. The first-order valence-corrected chi connectivity index (χ1v) is 8.07. The lowest BCUT2D eigenvalue weighted by molar-refractivity contribution is 0.816. The van der Waals surface area contributed by atoms with Gasteiger partial charge in [-0.15, -0.1) is 0 Å². The van der Waals surface area contributed by atoms with Gasteiger partial charge in [0.1, 0.15) is 0 Å². The third-order valence-electron chi connectivity index (χ3n) is 3.27. The molecule has 0 aromatic heterocycles. The molecule has 0 saturated carbocycles. The fourth-order valence-electron chi connectivity index (χ4n) is 2.08. The van der Waals surface area contributed by atoms with E-state index in [0.717, 1.165) is 26.7 Å². The van der Waals surface area contributed by atoms with Gasteiger partial charge in [0, 0.05) is 28.6 Å². The minimum absolute atomic E-state index is 0.0499. The molecule has 0 fully saturated rings. The lowest BCUT2D eigenvalue weighted by Crippen LogP contribution is -2.17. The van der Waals surface area contributed by atoms with Crippen LogP contribution < -0.4 is 10.6 Å². The van der Waals surface area contributed by atoms with E-state index in [9.17, 15) is 0 Å². The molecule has 0 bridgehead atoms. The summed E-state index contributed by atoms with van der Waals surface area (Å²) in [5, 5.41) is 0. The maximum atomic E-state index is 5.91. The molecule has 2 N–H and O–H groups in total. The first-order valence-electron chi connectivity index (χ1n) is 6.48. The van der Waals surface area contributed by atoms with Crippen molar-refractivity contribution in [2.45, 2.75) is 19.5 Å². The first kappa shape index (κ1) is 15.5. The van der Waals surface area contributed by atoms with Crippen LogP contribution in [0.15, 0.2) is 51.4 Å². The molecule has 2 aromatic rings. The lowest BCUT2D eigenvalue weighted by atomic mass is 10.1. The Morgan fingerprint density at radius 1 is 1.10 bits per heavy atom. The average molecular weight is 398 g/mol. The van der Waals surface area contributed by atoms with Crippen LogP contribution in [0.5, 0.6) is 0 Å². The fraction of sp³-hybridized carbons (Fsp3) is 0.250. The van der Waals surface area contributed by atoms with Gasteiger partial charge in [-0.3, -0.25) is 0 Å². The zero-order valence-electron chi connectivity index (χ0n) is 11.6. The molecule has 20 heavy (non-hydrogen) atoms. The number of hydrogen-bond acceptors (Lipinski definition) is 2. The van der Waals surface area contributed by atoms with Gasteiger partial charge in [-0.25, -0.2) is 0 Å². The van der Waals surface area contributed by atoms with Crippen LogP contribution in [0.1, 0.15) is 24.1 Å². The van der Waals surface area contributed by atoms with Crippen LogP contribution >= 0.6 is 31.9 Å². The molecular weight excluding hydrogens is 380 g/mol. The van der Waals surface area contributed by atoms with Crippen molar-refractivity contribution in [3.63, 3.8) is 0 Å². The zero-order chi connectivity index (χ0) is 14.7. The molecular formula is C16H18Br2N2. The van der Waals surface area contributed by atoms with Gasteiger partial charge in [-0.05, 0) is 52.2 Å². The van der Waals surface area contributed by atoms with E-state index in [2.05, 4.69) is 80.2 Å². The number of rotatable bonds is 4. The fourth-order valence-corrected chi connectivity index (χ4v) is 3.19. The van der Waals surface area contributed by atoms with Crippen molar-refractivity contribution >= 4 is 37.5 Å². The Morgan fingerprint density at radius 2 is 1.80 bits per heavy atom. The second-order valence-electron chi connectivity index (χ2n) is 4.95. The standard InChI is InChI=1S/C16H18Br2N2/c1-11(19)12-7-8-16(15(18)9-12)20(2)10-13-5-3-4-6-14(13)17/h3-9,11H,10,19H2,1-2H3. The van der Waals surface area contributed by atoms with Gasteiger partial charge in [0.05, 0.1) is 5.69 Å². The van der Waals surface area contributed by atoms with E-state index in [1.165, 1.54) is 5.56 Å². The van der Waals surface area contributed by atoms with Gasteiger partial charge >= 0.3 is 0 Å². The van der Waals surface area contributed by atoms with Crippen LogP contribution in [0.2, 0.25) is 0 Å². The highest BCUT2D eigenvalue weighted by Gasteiger charge is 2.10. The summed E-state index contributed by atoms with van der Waals surface area (Å²) in [6, 6.07) is 14.6. The molecule has 0 heterocycles. The van der Waals surface area contributed by atoms with E-state index in [0.29, 0.717) is 0 Å². The lowest BCUT2D eigenvalue weighted by Gasteiger charge is -2.22. The first-order chi connectivity index (χ1) is 9.49. The summed E-state index contributed by atoms with van der Waals surface area (Å²) in [6.45, 7) is 2.84. The number of nitrogens with two attached hydrogens (primary N) is 1. The molecule has 0 aliphatic carbocycles. The second-order valence-corrected chi connectivity index (χ2v) is 6.66. The number of benzene rings is 2. The maximum Gasteiger partial charge on any atom is 0.0511 e. The Kier molecular flexibility index (Phi) is 5.24. The van der Waals surface area contributed by atoms with E-state index < -0.39 is 0 Å². The number of hydrogen-bond donors (Lipinski definition) is 1. The third-order valence-corrected chi connectivity index (χ3v) is 4.68. The van der Waals surface area contributed by atoms with Crippen LogP contribution in [-0.4, -0.2) is 7.05 Å². The van der Waals surface area contributed by atoms with E-state index in [4.69, 9.17) is 5.73 Å². The average Bonchev–Trinajstić information content (AvgIpc) is 2.41. The zero-order valence-corrected chi connectivity index (χ0v) is 14.8. The van der Waals surface area contributed by atoms with E-state index >= 15 is 0 Å². The molecule has 1 atom stereocenters. The largest absolute Gasteiger partial charge is 0.369 e. The molecule has 0 aliphatic heterocycles. The van der Waals surface area contributed by atoms with Crippen molar-refractivity contribution in [1.82, 2.24) is 0 Å². The molecule has 0 amide bonds. The van der Waals surface area contributed by atoms with E-state index in [1.807, 2.05) is 13.0 Å².